The zero-order chi connectivity index (χ0) is 22.5. The fraction of sp³-hybridized carbons (Fsp3) is 0.600. The molecule has 0 aromatic heterocycles. The number of nitrogens with one attached hydrogen (secondary N) is 1. The molecule has 0 radical (unpaired) electrons. The van der Waals surface area contributed by atoms with Crippen LogP contribution in [-0.2, 0) is 14.3 Å². The molecule has 0 unspecified atom stereocenters. The van der Waals surface area contributed by atoms with Gasteiger partial charge in [0, 0.05) is 31.4 Å². The van der Waals surface area contributed by atoms with E-state index in [1.165, 1.54) is 23.1 Å². The molecule has 1 aromatic rings. The molecular weight excluding hydrogens is 398 g/mol. The van der Waals surface area contributed by atoms with Crippen LogP contribution in [-0.4, -0.2) is 69.3 Å². The number of carbonyl (C=O) groups is 2. The highest BCUT2D eigenvalue weighted by atomic mass is 19.3. The van der Waals surface area contributed by atoms with Crippen LogP contribution in [0.25, 0.3) is 0 Å². The van der Waals surface area contributed by atoms with Crippen LogP contribution in [0.1, 0.15) is 20.8 Å². The Morgan fingerprint density at radius 1 is 1.40 bits per heavy atom. The van der Waals surface area contributed by atoms with Crippen molar-refractivity contribution in [3.8, 4) is 5.75 Å². The number of nitrogens with zero attached hydrogens (tertiary/aromatic N) is 2. The molecule has 10 heteroatoms. The third-order valence-corrected chi connectivity index (χ3v) is 4.50. The topological polar surface area (TPSA) is 97.1 Å². The summed E-state index contributed by atoms with van der Waals surface area (Å²) in [5, 5.41) is 2.70. The number of nitrogens with two attached hydrogens (primary N) is 1. The van der Waals surface area contributed by atoms with Crippen molar-refractivity contribution < 1.29 is 27.8 Å². The molecule has 1 atom stereocenters. The molecule has 0 bridgehead atoms. The fourth-order valence-electron chi connectivity index (χ4n) is 3.35. The largest absolute Gasteiger partial charge is 0.433 e. The molecule has 0 saturated carbocycles. The van der Waals surface area contributed by atoms with Gasteiger partial charge in [0.2, 0.25) is 5.91 Å². The van der Waals surface area contributed by atoms with E-state index < -0.39 is 12.7 Å². The van der Waals surface area contributed by atoms with Crippen molar-refractivity contribution in [3.63, 3.8) is 0 Å². The van der Waals surface area contributed by atoms with Crippen LogP contribution >= 0.6 is 0 Å². The molecule has 168 valence electrons. The van der Waals surface area contributed by atoms with Crippen LogP contribution in [0, 0.1) is 5.41 Å². The van der Waals surface area contributed by atoms with E-state index in [2.05, 4.69) is 30.8 Å². The van der Waals surface area contributed by atoms with E-state index in [4.69, 9.17) is 10.5 Å². The molecule has 2 rings (SSSR count). The summed E-state index contributed by atoms with van der Waals surface area (Å²) in [5.74, 6) is -0.919. The molecule has 0 aliphatic carbocycles. The van der Waals surface area contributed by atoms with E-state index >= 15 is 0 Å². The first kappa shape index (κ1) is 24.0. The lowest BCUT2D eigenvalue weighted by molar-refractivity contribution is -0.126. The second-order valence-electron chi connectivity index (χ2n) is 8.38. The number of hydrogen-bond acceptors (Lipinski definition) is 6. The number of carbonyl (C=O) groups excluding carboxylic acids is 2. The molecule has 1 saturated heterocycles. The highest BCUT2D eigenvalue weighted by Crippen LogP contribution is 2.33. The van der Waals surface area contributed by atoms with E-state index in [9.17, 15) is 18.4 Å². The second-order valence-corrected chi connectivity index (χ2v) is 8.38. The number of amides is 2. The smallest absolute Gasteiger partial charge is 0.387 e. The number of morpholine rings is 1. The maximum Gasteiger partial charge on any atom is 0.387 e. The second kappa shape index (κ2) is 10.1. The maximum absolute atomic E-state index is 12.9. The normalized spacial score (nSPS) is 16.2. The standard InChI is InChI=1S/C20H30F2N4O4/c1-20(2,3)12-25(4)15(10-23)18(28)24-13-5-6-14(16(9-13)30-19(21)22)26-7-8-29-11-17(26)27/h5-6,9,15,19H,7-8,10-12,23H2,1-4H3,(H,24,28)/t15-/m0/s1. The summed E-state index contributed by atoms with van der Waals surface area (Å²) < 4.78 is 35.6. The number of benzene rings is 1. The first-order valence-electron chi connectivity index (χ1n) is 9.70. The van der Waals surface area contributed by atoms with Crippen molar-refractivity contribution in [1.29, 1.82) is 0 Å². The third kappa shape index (κ3) is 6.61. The van der Waals surface area contributed by atoms with Gasteiger partial charge in [-0.15, -0.1) is 0 Å². The summed E-state index contributed by atoms with van der Waals surface area (Å²) in [6.45, 7) is 4.18. The van der Waals surface area contributed by atoms with Crippen molar-refractivity contribution in [3.05, 3.63) is 18.2 Å². The Bertz CT molecular complexity index is 755. The Labute approximate surface area is 175 Å². The van der Waals surface area contributed by atoms with Gasteiger partial charge in [-0.2, -0.15) is 8.78 Å². The van der Waals surface area contributed by atoms with Gasteiger partial charge in [0.1, 0.15) is 12.6 Å². The van der Waals surface area contributed by atoms with Gasteiger partial charge in [-0.3, -0.25) is 14.5 Å². The average molecular weight is 428 g/mol. The van der Waals surface area contributed by atoms with Crippen LogP contribution in [0.4, 0.5) is 20.2 Å². The SMILES string of the molecule is CN(CC(C)(C)C)[C@@H](CN)C(=O)Nc1ccc(N2CCOCC2=O)c(OC(F)F)c1. The van der Waals surface area contributed by atoms with Gasteiger partial charge in [-0.25, -0.2) is 0 Å². The van der Waals surface area contributed by atoms with E-state index in [0.717, 1.165) is 0 Å². The summed E-state index contributed by atoms with van der Waals surface area (Å²) in [4.78, 5) is 28.0. The van der Waals surface area contributed by atoms with Gasteiger partial charge >= 0.3 is 6.61 Å². The van der Waals surface area contributed by atoms with Gasteiger partial charge in [0.15, 0.2) is 5.75 Å². The molecule has 2 amide bonds. The van der Waals surface area contributed by atoms with Gasteiger partial charge < -0.3 is 25.4 Å². The summed E-state index contributed by atoms with van der Waals surface area (Å²) in [6, 6.07) is 3.68. The predicted octanol–water partition coefficient (Wildman–Crippen LogP) is 1.89. The molecule has 3 N–H and O–H groups in total. The molecule has 1 aliphatic heterocycles. The molecule has 8 nitrogen and oxygen atoms in total. The molecular formula is C20H30F2N4O4. The number of anilines is 2. The summed E-state index contributed by atoms with van der Waals surface area (Å²) in [5.41, 5.74) is 6.23. The number of hydrogen-bond donors (Lipinski definition) is 2. The minimum Gasteiger partial charge on any atom is -0.433 e. The number of halogens is 2. The summed E-state index contributed by atoms with van der Waals surface area (Å²) >= 11 is 0. The predicted molar refractivity (Wildman–Crippen MR) is 110 cm³/mol. The fourth-order valence-corrected chi connectivity index (χ4v) is 3.35. The Morgan fingerprint density at radius 2 is 2.10 bits per heavy atom. The monoisotopic (exact) mass is 428 g/mol. The van der Waals surface area contributed by atoms with Crippen molar-refractivity contribution >= 4 is 23.2 Å². The molecule has 30 heavy (non-hydrogen) atoms. The van der Waals surface area contributed by atoms with E-state index in [1.54, 1.807) is 7.05 Å². The quantitative estimate of drug-likeness (QED) is 0.657. The lowest BCUT2D eigenvalue weighted by Crippen LogP contribution is -2.49. The molecule has 1 heterocycles. The van der Waals surface area contributed by atoms with E-state index in [0.29, 0.717) is 6.54 Å². The van der Waals surface area contributed by atoms with Crippen molar-refractivity contribution in [2.75, 3.05) is 50.1 Å². The Morgan fingerprint density at radius 3 is 2.67 bits per heavy atom. The minimum absolute atomic E-state index is 0.0347. The number of ether oxygens (including phenoxy) is 2. The summed E-state index contributed by atoms with van der Waals surface area (Å²) in [7, 11) is 1.81. The first-order chi connectivity index (χ1) is 14.0. The Hall–Kier alpha value is -2.30. The molecule has 1 aliphatic rings. The highest BCUT2D eigenvalue weighted by molar-refractivity contribution is 5.98. The van der Waals surface area contributed by atoms with E-state index in [-0.39, 0.29) is 60.7 Å². The van der Waals surface area contributed by atoms with Crippen molar-refractivity contribution in [2.24, 2.45) is 11.1 Å². The maximum atomic E-state index is 12.9. The van der Waals surface area contributed by atoms with Gasteiger partial charge in [-0.1, -0.05) is 20.8 Å². The minimum atomic E-state index is -3.08. The van der Waals surface area contributed by atoms with Crippen LogP contribution < -0.4 is 20.7 Å². The van der Waals surface area contributed by atoms with Crippen LogP contribution in [0.15, 0.2) is 18.2 Å². The van der Waals surface area contributed by atoms with Crippen LogP contribution in [0.2, 0.25) is 0 Å². The molecule has 0 spiro atoms. The van der Waals surface area contributed by atoms with Crippen molar-refractivity contribution in [2.45, 2.75) is 33.4 Å². The van der Waals surface area contributed by atoms with E-state index in [1.807, 2.05) is 4.90 Å². The summed E-state index contributed by atoms with van der Waals surface area (Å²) in [6.07, 6.45) is 0. The highest BCUT2D eigenvalue weighted by Gasteiger charge is 2.27. The van der Waals surface area contributed by atoms with Crippen LogP contribution in [0.5, 0.6) is 5.75 Å². The average Bonchev–Trinajstić information content (AvgIpc) is 2.61. The lowest BCUT2D eigenvalue weighted by Gasteiger charge is -2.32. The first-order valence-corrected chi connectivity index (χ1v) is 9.70. The Balaban J connectivity index is 2.22. The van der Waals surface area contributed by atoms with Gasteiger partial charge in [0.05, 0.1) is 12.3 Å². The molecule has 1 fully saturated rings. The number of rotatable bonds is 8. The number of likely N-dealkylation sites (N-methyl/N-ethyl adjacent to an activating group) is 1. The zero-order valence-corrected chi connectivity index (χ0v) is 17.8. The van der Waals surface area contributed by atoms with Gasteiger partial charge in [-0.05, 0) is 24.6 Å². The van der Waals surface area contributed by atoms with Crippen molar-refractivity contribution in [1.82, 2.24) is 4.90 Å². The number of alkyl halides is 2. The lowest BCUT2D eigenvalue weighted by atomic mass is 9.95. The zero-order valence-electron chi connectivity index (χ0n) is 17.8. The third-order valence-electron chi connectivity index (χ3n) is 4.50. The van der Waals surface area contributed by atoms with Gasteiger partial charge in [0.25, 0.3) is 5.91 Å². The molecule has 1 aromatic carbocycles. The Kier molecular flexibility index (Phi) is 8.10. The van der Waals surface area contributed by atoms with Crippen LogP contribution in [0.3, 0.4) is 0 Å².